The maximum absolute atomic E-state index is 11.2. The summed E-state index contributed by atoms with van der Waals surface area (Å²) in [5, 5.41) is 18.1. The molecule has 0 heterocycles. The summed E-state index contributed by atoms with van der Waals surface area (Å²) in [4.78, 5) is 22.4. The van der Waals surface area contributed by atoms with Crippen LogP contribution in [0, 0.1) is 0 Å². The molecule has 6 heteroatoms. The van der Waals surface area contributed by atoms with E-state index < -0.39 is 11.6 Å². The molecular weight excluding hydrogens is 352 g/mol. The average molecular weight is 375 g/mol. The van der Waals surface area contributed by atoms with Crippen molar-refractivity contribution in [2.45, 2.75) is 45.6 Å². The zero-order chi connectivity index (χ0) is 17.2. The summed E-state index contributed by atoms with van der Waals surface area (Å²) in [5.74, 6) is -0.314. The highest BCUT2D eigenvalue weighted by molar-refractivity contribution is 9.09. The summed E-state index contributed by atoms with van der Waals surface area (Å²) >= 11 is 3.22. The number of halogens is 1. The fourth-order valence-corrected chi connectivity index (χ4v) is 1.66. The van der Waals surface area contributed by atoms with Crippen LogP contribution in [0.25, 0.3) is 0 Å². The van der Waals surface area contributed by atoms with Crippen molar-refractivity contribution in [3.63, 3.8) is 0 Å². The highest BCUT2D eigenvalue weighted by Gasteiger charge is 2.18. The van der Waals surface area contributed by atoms with Gasteiger partial charge >= 0.3 is 5.97 Å². The number of esters is 1. The van der Waals surface area contributed by atoms with Crippen LogP contribution >= 0.6 is 15.9 Å². The van der Waals surface area contributed by atoms with Gasteiger partial charge in [0.15, 0.2) is 0 Å². The number of benzene rings is 1. The minimum absolute atomic E-state index is 0.0568. The molecule has 5 nitrogen and oxygen atoms in total. The summed E-state index contributed by atoms with van der Waals surface area (Å²) in [7, 11) is 0. The number of alkyl halides is 1. The number of hydrogen-bond donors (Lipinski definition) is 2. The lowest BCUT2D eigenvalue weighted by atomic mass is 10.1. The number of rotatable bonds is 5. The first-order chi connectivity index (χ1) is 10.1. The molecule has 124 valence electrons. The normalized spacial score (nSPS) is 10.4. The molecule has 1 aromatic carbocycles. The van der Waals surface area contributed by atoms with Crippen LogP contribution in [0.3, 0.4) is 0 Å². The van der Waals surface area contributed by atoms with Crippen LogP contribution in [0.5, 0.6) is 11.5 Å². The molecule has 1 aromatic rings. The van der Waals surface area contributed by atoms with E-state index in [1.54, 1.807) is 26.8 Å². The van der Waals surface area contributed by atoms with Crippen molar-refractivity contribution in [2.24, 2.45) is 0 Å². The second kappa shape index (κ2) is 10.2. The van der Waals surface area contributed by atoms with Crippen molar-refractivity contribution in [1.29, 1.82) is 0 Å². The number of hydrogen-bond acceptors (Lipinski definition) is 5. The van der Waals surface area contributed by atoms with E-state index in [9.17, 15) is 9.59 Å². The maximum atomic E-state index is 11.2. The lowest BCUT2D eigenvalue weighted by Crippen LogP contribution is -2.25. The number of carbonyl (C=O) groups excluding carboxylic acids is 2. The van der Waals surface area contributed by atoms with Crippen molar-refractivity contribution < 1.29 is 24.5 Å². The Balaban J connectivity index is 0.000000461. The molecule has 0 atom stereocenters. The quantitative estimate of drug-likeness (QED) is 0.467. The van der Waals surface area contributed by atoms with Gasteiger partial charge in [-0.1, -0.05) is 22.0 Å². The molecular formula is C16H23BrO5. The van der Waals surface area contributed by atoms with Crippen LogP contribution in [0.15, 0.2) is 24.3 Å². The third-order valence-corrected chi connectivity index (χ3v) is 2.74. The molecule has 0 radical (unpaired) electrons. The average Bonchev–Trinajstić information content (AvgIpc) is 2.34. The van der Waals surface area contributed by atoms with E-state index in [-0.39, 0.29) is 23.7 Å². The molecule has 0 aliphatic carbocycles. The zero-order valence-corrected chi connectivity index (χ0v) is 14.7. The molecule has 0 saturated heterocycles. The van der Waals surface area contributed by atoms with Crippen LogP contribution in [-0.4, -0.2) is 32.9 Å². The maximum Gasteiger partial charge on any atom is 0.313 e. The number of ketones is 1. The molecule has 0 amide bonds. The lowest BCUT2D eigenvalue weighted by molar-refractivity contribution is -0.156. The van der Waals surface area contributed by atoms with Crippen LogP contribution in [0.2, 0.25) is 0 Å². The van der Waals surface area contributed by atoms with E-state index in [1.807, 2.05) is 0 Å². The Morgan fingerprint density at radius 2 is 1.73 bits per heavy atom. The molecule has 0 bridgehead atoms. The number of phenolic OH excluding ortho intramolecular Hbond substituents is 2. The Morgan fingerprint density at radius 1 is 1.18 bits per heavy atom. The second-order valence-electron chi connectivity index (χ2n) is 5.61. The van der Waals surface area contributed by atoms with Gasteiger partial charge in [0.2, 0.25) is 0 Å². The minimum atomic E-state index is -0.507. The van der Waals surface area contributed by atoms with E-state index in [2.05, 4.69) is 15.9 Å². The number of ether oxygens (including phenoxy) is 1. The van der Waals surface area contributed by atoms with E-state index in [1.165, 1.54) is 18.2 Å². The first-order valence-electron chi connectivity index (χ1n) is 6.91. The number of carbonyl (C=O) groups is 2. The Morgan fingerprint density at radius 3 is 2.09 bits per heavy atom. The first kappa shape index (κ1) is 20.4. The Kier molecular flexibility index (Phi) is 9.49. The second-order valence-corrected chi connectivity index (χ2v) is 6.41. The highest BCUT2D eigenvalue weighted by atomic mass is 79.9. The monoisotopic (exact) mass is 374 g/mol. The SMILES string of the molecule is CC(C)(C)OC(=O)CC(=O)CCCBr.Oc1cccc(O)c1. The van der Waals surface area contributed by atoms with Gasteiger partial charge in [0, 0.05) is 17.8 Å². The largest absolute Gasteiger partial charge is 0.508 e. The molecule has 2 N–H and O–H groups in total. The van der Waals surface area contributed by atoms with Gasteiger partial charge in [-0.25, -0.2) is 0 Å². The molecule has 0 aromatic heterocycles. The Labute approximate surface area is 139 Å². The van der Waals surface area contributed by atoms with Crippen LogP contribution in [0.4, 0.5) is 0 Å². The predicted molar refractivity (Wildman–Crippen MR) is 88.3 cm³/mol. The van der Waals surface area contributed by atoms with E-state index in [0.717, 1.165) is 11.8 Å². The number of Topliss-reactive ketones (excluding diaryl/α,β-unsaturated/α-hetero) is 1. The Hall–Kier alpha value is -1.56. The van der Waals surface area contributed by atoms with Crippen LogP contribution < -0.4 is 0 Å². The number of phenols is 2. The molecule has 0 unspecified atom stereocenters. The van der Waals surface area contributed by atoms with E-state index in [4.69, 9.17) is 14.9 Å². The van der Waals surface area contributed by atoms with Crippen molar-refractivity contribution in [3.05, 3.63) is 24.3 Å². The van der Waals surface area contributed by atoms with Gasteiger partial charge in [0.25, 0.3) is 0 Å². The minimum Gasteiger partial charge on any atom is -0.508 e. The fraction of sp³-hybridized carbons (Fsp3) is 0.500. The summed E-state index contributed by atoms with van der Waals surface area (Å²) in [6.45, 7) is 5.36. The van der Waals surface area contributed by atoms with Gasteiger partial charge in [-0.05, 0) is 39.3 Å². The molecule has 0 saturated carbocycles. The van der Waals surface area contributed by atoms with Gasteiger partial charge in [-0.2, -0.15) is 0 Å². The third kappa shape index (κ3) is 12.2. The zero-order valence-electron chi connectivity index (χ0n) is 13.1. The van der Waals surface area contributed by atoms with Gasteiger partial charge in [-0.3, -0.25) is 9.59 Å². The van der Waals surface area contributed by atoms with Gasteiger partial charge in [0.05, 0.1) is 0 Å². The summed E-state index contributed by atoms with van der Waals surface area (Å²) in [5.41, 5.74) is -0.507. The van der Waals surface area contributed by atoms with Gasteiger partial charge in [0.1, 0.15) is 29.3 Å². The first-order valence-corrected chi connectivity index (χ1v) is 8.03. The van der Waals surface area contributed by atoms with Crippen molar-refractivity contribution >= 4 is 27.7 Å². The highest BCUT2D eigenvalue weighted by Crippen LogP contribution is 2.14. The van der Waals surface area contributed by atoms with Crippen LogP contribution in [0.1, 0.15) is 40.0 Å². The van der Waals surface area contributed by atoms with Crippen molar-refractivity contribution in [3.8, 4) is 11.5 Å². The predicted octanol–water partition coefficient (Wildman–Crippen LogP) is 3.56. The standard InChI is InChI=1S/C10H17BrO3.C6H6O2/c1-10(2,3)14-9(13)7-8(12)5-4-6-11;7-5-2-1-3-6(8)4-5/h4-7H2,1-3H3;1-4,7-8H. The lowest BCUT2D eigenvalue weighted by Gasteiger charge is -2.19. The smallest absolute Gasteiger partial charge is 0.313 e. The Bertz CT molecular complexity index is 462. The third-order valence-electron chi connectivity index (χ3n) is 2.18. The fourth-order valence-electron chi connectivity index (χ4n) is 1.38. The number of aromatic hydroxyl groups is 2. The molecule has 1 rings (SSSR count). The summed E-state index contributed by atoms with van der Waals surface area (Å²) < 4.78 is 5.02. The van der Waals surface area contributed by atoms with E-state index in [0.29, 0.717) is 6.42 Å². The molecule has 0 fully saturated rings. The summed E-state index contributed by atoms with van der Waals surface area (Å²) in [6.07, 6.45) is 1.09. The summed E-state index contributed by atoms with van der Waals surface area (Å²) in [6, 6.07) is 5.85. The van der Waals surface area contributed by atoms with Crippen LogP contribution in [-0.2, 0) is 14.3 Å². The molecule has 22 heavy (non-hydrogen) atoms. The molecule has 0 spiro atoms. The topological polar surface area (TPSA) is 83.8 Å². The van der Waals surface area contributed by atoms with Gasteiger partial charge < -0.3 is 14.9 Å². The van der Waals surface area contributed by atoms with E-state index >= 15 is 0 Å². The van der Waals surface area contributed by atoms with Gasteiger partial charge in [-0.15, -0.1) is 0 Å². The molecule has 0 aliphatic heterocycles. The van der Waals surface area contributed by atoms with Crippen molar-refractivity contribution in [1.82, 2.24) is 0 Å². The molecule has 0 aliphatic rings. The van der Waals surface area contributed by atoms with Crippen molar-refractivity contribution in [2.75, 3.05) is 5.33 Å².